The summed E-state index contributed by atoms with van der Waals surface area (Å²) in [7, 11) is 0. The first-order chi connectivity index (χ1) is 12.1. The van der Waals surface area contributed by atoms with Crippen LogP contribution >= 0.6 is 22.6 Å². The second kappa shape index (κ2) is 6.57. The highest BCUT2D eigenvalue weighted by molar-refractivity contribution is 14.1. The lowest BCUT2D eigenvalue weighted by Crippen LogP contribution is -2.33. The number of aliphatic hydroxyl groups is 3. The fraction of sp³-hybridized carbons (Fsp3) is 0.312. The third-order valence-corrected chi connectivity index (χ3v) is 4.72. The molecule has 0 radical (unpaired) electrons. The normalized spacial score (nSPS) is 26.4. The predicted molar refractivity (Wildman–Crippen MR) is 96.5 cm³/mol. The molecule has 0 unspecified atom stereocenters. The van der Waals surface area contributed by atoms with Crippen LogP contribution in [0.25, 0.3) is 22.4 Å². The van der Waals surface area contributed by atoms with Crippen molar-refractivity contribution in [2.24, 2.45) is 0 Å². The molecule has 1 fully saturated rings. The van der Waals surface area contributed by atoms with Crippen molar-refractivity contribution in [3.8, 4) is 11.3 Å². The van der Waals surface area contributed by atoms with E-state index in [2.05, 4.69) is 15.0 Å². The van der Waals surface area contributed by atoms with Gasteiger partial charge in [0.15, 0.2) is 15.7 Å². The van der Waals surface area contributed by atoms with Gasteiger partial charge in [0, 0.05) is 28.2 Å². The van der Waals surface area contributed by atoms with Crippen molar-refractivity contribution in [1.82, 2.24) is 19.5 Å². The second-order valence-corrected chi connectivity index (χ2v) is 6.73. The van der Waals surface area contributed by atoms with Crippen molar-refractivity contribution >= 4 is 33.8 Å². The molecule has 0 spiro atoms. The number of imidazole rings is 1. The van der Waals surface area contributed by atoms with E-state index < -0.39 is 24.5 Å². The minimum atomic E-state index is -1.19. The lowest BCUT2D eigenvalue weighted by atomic mass is 10.1. The molecule has 0 amide bonds. The van der Waals surface area contributed by atoms with Crippen molar-refractivity contribution in [3.63, 3.8) is 0 Å². The number of ether oxygens (including phenoxy) is 1. The Morgan fingerprint density at radius 3 is 2.56 bits per heavy atom. The number of benzene rings is 1. The zero-order valence-corrected chi connectivity index (χ0v) is 15.1. The van der Waals surface area contributed by atoms with Gasteiger partial charge in [0.2, 0.25) is 0 Å². The molecule has 9 heteroatoms. The topological polar surface area (TPSA) is 114 Å². The average molecular weight is 454 g/mol. The summed E-state index contributed by atoms with van der Waals surface area (Å²) in [6.07, 6.45) is -2.61. The second-order valence-electron chi connectivity index (χ2n) is 5.76. The van der Waals surface area contributed by atoms with E-state index in [9.17, 15) is 15.3 Å². The Labute approximate surface area is 156 Å². The van der Waals surface area contributed by atoms with Crippen LogP contribution in [0, 0.1) is 3.83 Å². The van der Waals surface area contributed by atoms with Crippen LogP contribution in [0.3, 0.4) is 0 Å². The molecular weight excluding hydrogens is 439 g/mol. The van der Waals surface area contributed by atoms with Crippen LogP contribution in [-0.4, -0.2) is 59.8 Å². The molecule has 1 aliphatic rings. The Bertz CT molecular complexity index is 904. The number of fused-ring (bicyclic) bond motifs is 1. The van der Waals surface area contributed by atoms with Gasteiger partial charge >= 0.3 is 0 Å². The van der Waals surface area contributed by atoms with Gasteiger partial charge in [-0.25, -0.2) is 15.0 Å². The van der Waals surface area contributed by atoms with E-state index in [1.165, 1.54) is 6.33 Å². The quantitative estimate of drug-likeness (QED) is 0.395. The minimum Gasteiger partial charge on any atom is -0.394 e. The van der Waals surface area contributed by atoms with Crippen LogP contribution < -0.4 is 0 Å². The summed E-state index contributed by atoms with van der Waals surface area (Å²) in [4.78, 5) is 13.3. The summed E-state index contributed by atoms with van der Waals surface area (Å²) in [5.41, 5.74) is 2.65. The summed E-state index contributed by atoms with van der Waals surface area (Å²) >= 11 is 2.02. The molecule has 3 heterocycles. The third-order valence-electron chi connectivity index (χ3n) is 4.23. The van der Waals surface area contributed by atoms with Crippen LogP contribution in [0.4, 0.5) is 0 Å². The van der Waals surface area contributed by atoms with E-state index in [0.717, 1.165) is 5.56 Å². The van der Waals surface area contributed by atoms with Crippen LogP contribution in [0.2, 0.25) is 0 Å². The molecule has 130 valence electrons. The van der Waals surface area contributed by atoms with Crippen molar-refractivity contribution < 1.29 is 20.1 Å². The number of nitrogens with zero attached hydrogens (tertiary/aromatic N) is 4. The van der Waals surface area contributed by atoms with Crippen molar-refractivity contribution in [2.45, 2.75) is 24.5 Å². The molecule has 25 heavy (non-hydrogen) atoms. The molecule has 1 aromatic carbocycles. The highest BCUT2D eigenvalue weighted by atomic mass is 127. The summed E-state index contributed by atoms with van der Waals surface area (Å²) < 4.78 is 7.67. The number of rotatable bonds is 3. The highest BCUT2D eigenvalue weighted by Crippen LogP contribution is 2.33. The Balaban J connectivity index is 1.84. The maximum atomic E-state index is 10.3. The van der Waals surface area contributed by atoms with Crippen molar-refractivity contribution in [1.29, 1.82) is 0 Å². The minimum absolute atomic E-state index is 0.386. The van der Waals surface area contributed by atoms with Gasteiger partial charge < -0.3 is 20.1 Å². The van der Waals surface area contributed by atoms with Gasteiger partial charge in [0.25, 0.3) is 0 Å². The van der Waals surface area contributed by atoms with Gasteiger partial charge in [0.1, 0.15) is 29.5 Å². The molecular formula is C16H15IN4O4. The fourth-order valence-corrected chi connectivity index (χ4v) is 3.45. The zero-order valence-electron chi connectivity index (χ0n) is 12.9. The SMILES string of the molecule is OC[C@H]1O[C@@H](n2cnc3c(-c4ccccc4)nc(I)nc32)[C@H](O)[C@@H]1O. The molecule has 2 aromatic heterocycles. The van der Waals surface area contributed by atoms with Gasteiger partial charge in [0.05, 0.1) is 12.9 Å². The Hall–Kier alpha value is -1.66. The smallest absolute Gasteiger partial charge is 0.193 e. The third kappa shape index (κ3) is 2.81. The summed E-state index contributed by atoms with van der Waals surface area (Å²) in [6.45, 7) is -0.386. The van der Waals surface area contributed by atoms with Gasteiger partial charge in [-0.1, -0.05) is 30.3 Å². The Morgan fingerprint density at radius 2 is 1.88 bits per heavy atom. The first-order valence-corrected chi connectivity index (χ1v) is 8.76. The monoisotopic (exact) mass is 454 g/mol. The number of aromatic nitrogens is 4. The first-order valence-electron chi connectivity index (χ1n) is 7.68. The molecule has 4 atom stereocenters. The zero-order chi connectivity index (χ0) is 17.6. The van der Waals surface area contributed by atoms with Crippen LogP contribution in [-0.2, 0) is 4.74 Å². The van der Waals surface area contributed by atoms with Crippen LogP contribution in [0.1, 0.15) is 6.23 Å². The van der Waals surface area contributed by atoms with E-state index in [4.69, 9.17) is 4.74 Å². The summed E-state index contributed by atoms with van der Waals surface area (Å²) in [5, 5.41) is 29.5. The van der Waals surface area contributed by atoms with Gasteiger partial charge in [-0.05, 0) is 0 Å². The maximum Gasteiger partial charge on any atom is 0.193 e. The highest BCUT2D eigenvalue weighted by Gasteiger charge is 2.44. The van der Waals surface area contributed by atoms with Gasteiger partial charge in [-0.2, -0.15) is 0 Å². The van der Waals surface area contributed by atoms with Crippen molar-refractivity contribution in [2.75, 3.05) is 6.61 Å². The number of hydrogen-bond acceptors (Lipinski definition) is 7. The molecule has 4 rings (SSSR count). The lowest BCUT2D eigenvalue weighted by molar-refractivity contribution is -0.0511. The van der Waals surface area contributed by atoms with E-state index in [1.807, 2.05) is 52.9 Å². The summed E-state index contributed by atoms with van der Waals surface area (Å²) in [5.74, 6) is 0. The van der Waals surface area contributed by atoms with E-state index in [1.54, 1.807) is 4.57 Å². The molecule has 0 bridgehead atoms. The Kier molecular flexibility index (Phi) is 4.41. The Morgan fingerprint density at radius 1 is 1.12 bits per heavy atom. The van der Waals surface area contributed by atoms with E-state index in [0.29, 0.717) is 20.7 Å². The van der Waals surface area contributed by atoms with Gasteiger partial charge in [-0.15, -0.1) is 0 Å². The predicted octanol–water partition coefficient (Wildman–Crippen LogP) is 0.709. The average Bonchev–Trinajstić information content (AvgIpc) is 3.16. The standard InChI is InChI=1S/C16H15IN4O4/c17-16-19-10(8-4-2-1-3-5-8)11-14(20-16)21(7-18-11)15-13(24)12(23)9(6-22)25-15/h1-5,7,9,12-13,15,22-24H,6H2/t9-,12-,13-,15-/m1/s1. The molecule has 3 aromatic rings. The molecule has 1 saturated heterocycles. The fourth-order valence-electron chi connectivity index (χ4n) is 2.98. The molecule has 8 nitrogen and oxygen atoms in total. The van der Waals surface area contributed by atoms with Crippen LogP contribution in [0.15, 0.2) is 36.7 Å². The number of halogens is 1. The maximum absolute atomic E-state index is 10.3. The molecule has 1 aliphatic heterocycles. The first kappa shape index (κ1) is 16.8. The van der Waals surface area contributed by atoms with E-state index in [-0.39, 0.29) is 6.61 Å². The molecule has 0 aliphatic carbocycles. The van der Waals surface area contributed by atoms with Crippen LogP contribution in [0.5, 0.6) is 0 Å². The molecule has 3 N–H and O–H groups in total. The lowest BCUT2D eigenvalue weighted by Gasteiger charge is -2.16. The largest absolute Gasteiger partial charge is 0.394 e. The van der Waals surface area contributed by atoms with Gasteiger partial charge in [-0.3, -0.25) is 4.57 Å². The number of aliphatic hydroxyl groups excluding tert-OH is 3. The van der Waals surface area contributed by atoms with Crippen molar-refractivity contribution in [3.05, 3.63) is 40.5 Å². The van der Waals surface area contributed by atoms with E-state index >= 15 is 0 Å². The summed E-state index contributed by atoms with van der Waals surface area (Å²) in [6, 6.07) is 9.62. The molecule has 0 saturated carbocycles. The number of hydrogen-bond donors (Lipinski definition) is 3.